The van der Waals surface area contributed by atoms with E-state index in [1.807, 2.05) is 49.4 Å². The summed E-state index contributed by atoms with van der Waals surface area (Å²) in [6.07, 6.45) is 21.1. The third-order valence-electron chi connectivity index (χ3n) is 7.56. The summed E-state index contributed by atoms with van der Waals surface area (Å²) in [6, 6.07) is 14.9. The van der Waals surface area contributed by atoms with Gasteiger partial charge in [0.1, 0.15) is 0 Å². The monoisotopic (exact) mass is 552 g/mol. The van der Waals surface area contributed by atoms with Crippen LogP contribution >= 0.6 is 0 Å². The Bertz CT molecular complexity index is 907. The number of hydrogen-bond acceptors (Lipinski definition) is 4. The second-order valence-electron chi connectivity index (χ2n) is 11.3. The molecule has 2 aromatic carbocycles. The lowest BCUT2D eigenvalue weighted by Gasteiger charge is -2.17. The Hall–Kier alpha value is -2.33. The van der Waals surface area contributed by atoms with Crippen LogP contribution < -0.4 is 9.47 Å². The van der Waals surface area contributed by atoms with Crippen molar-refractivity contribution < 1.29 is 19.0 Å². The average Bonchev–Trinajstić information content (AvgIpc) is 2.96. The lowest BCUT2D eigenvalue weighted by Crippen LogP contribution is -2.14. The Balaban J connectivity index is 1.59. The molecule has 0 saturated carbocycles. The molecule has 0 aliphatic carbocycles. The summed E-state index contributed by atoms with van der Waals surface area (Å²) in [5.41, 5.74) is 1.58. The van der Waals surface area contributed by atoms with Gasteiger partial charge in [-0.05, 0) is 56.5 Å². The fourth-order valence-electron chi connectivity index (χ4n) is 5.02. The molecule has 2 unspecified atom stereocenters. The molecule has 2 rings (SSSR count). The lowest BCUT2D eigenvalue weighted by molar-refractivity contribution is 0.0625. The number of rotatable bonds is 23. The Morgan fingerprint density at radius 1 is 0.650 bits per heavy atom. The zero-order valence-electron chi connectivity index (χ0n) is 25.9. The molecule has 2 atom stereocenters. The molecule has 0 heterocycles. The summed E-state index contributed by atoms with van der Waals surface area (Å²) >= 11 is 0. The second-order valence-corrected chi connectivity index (χ2v) is 11.3. The first-order chi connectivity index (χ1) is 19.5. The van der Waals surface area contributed by atoms with E-state index in [0.717, 1.165) is 31.4 Å². The number of ether oxygens (including phenoxy) is 3. The maximum Gasteiger partial charge on any atom is 0.343 e. The van der Waals surface area contributed by atoms with Crippen molar-refractivity contribution in [1.82, 2.24) is 0 Å². The van der Waals surface area contributed by atoms with Crippen molar-refractivity contribution in [3.05, 3.63) is 59.7 Å². The molecule has 40 heavy (non-hydrogen) atoms. The summed E-state index contributed by atoms with van der Waals surface area (Å²) in [6.45, 7) is 9.28. The van der Waals surface area contributed by atoms with Gasteiger partial charge in [-0.2, -0.15) is 0 Å². The van der Waals surface area contributed by atoms with E-state index in [4.69, 9.17) is 14.2 Å². The summed E-state index contributed by atoms with van der Waals surface area (Å²) in [5.74, 6) is 0.657. The highest BCUT2D eigenvalue weighted by Crippen LogP contribution is 2.29. The van der Waals surface area contributed by atoms with Crippen molar-refractivity contribution in [3.8, 4) is 11.5 Å². The van der Waals surface area contributed by atoms with E-state index >= 15 is 0 Å². The predicted octanol–water partition coefficient (Wildman–Crippen LogP) is 11.0. The topological polar surface area (TPSA) is 44.8 Å². The fraction of sp³-hybridized carbons (Fsp3) is 0.639. The number of unbranched alkanes of at least 4 members (excludes halogenated alkanes) is 13. The van der Waals surface area contributed by atoms with Crippen LogP contribution in [-0.2, 0) is 4.74 Å². The van der Waals surface area contributed by atoms with Gasteiger partial charge in [-0.25, -0.2) is 4.79 Å². The van der Waals surface area contributed by atoms with E-state index in [2.05, 4.69) is 20.8 Å². The SMILES string of the molecule is CCCCCCCCCCCCCCCCOC(C)c1ccc(C(=O)Oc2ccccc2OC(C)CCC)cc1. The quantitative estimate of drug-likeness (QED) is 0.0781. The standard InChI is InChI=1S/C36H56O4/c1-5-7-8-9-10-11-12-13-14-15-16-17-18-21-29-38-31(4)32-25-27-33(28-26-32)36(37)40-35-24-20-19-23-34(35)39-30(3)22-6-2/h19-20,23-28,30-31H,5-18,21-22,29H2,1-4H3. The van der Waals surface area contributed by atoms with E-state index in [9.17, 15) is 4.79 Å². The minimum atomic E-state index is -0.387. The van der Waals surface area contributed by atoms with E-state index in [0.29, 0.717) is 17.1 Å². The van der Waals surface area contributed by atoms with Gasteiger partial charge in [0.2, 0.25) is 0 Å². The zero-order valence-corrected chi connectivity index (χ0v) is 25.9. The second kappa shape index (κ2) is 21.4. The van der Waals surface area contributed by atoms with Crippen LogP contribution in [0.15, 0.2) is 48.5 Å². The molecule has 0 spiro atoms. The van der Waals surface area contributed by atoms with Crippen LogP contribution in [0.1, 0.15) is 152 Å². The van der Waals surface area contributed by atoms with Gasteiger partial charge in [0, 0.05) is 6.61 Å². The first-order valence-electron chi connectivity index (χ1n) is 16.2. The number of benzene rings is 2. The number of hydrogen-bond donors (Lipinski definition) is 0. The van der Waals surface area contributed by atoms with Crippen molar-refractivity contribution in [2.75, 3.05) is 6.61 Å². The van der Waals surface area contributed by atoms with Gasteiger partial charge >= 0.3 is 5.97 Å². The van der Waals surface area contributed by atoms with Crippen LogP contribution in [0.2, 0.25) is 0 Å². The smallest absolute Gasteiger partial charge is 0.343 e. The highest BCUT2D eigenvalue weighted by atomic mass is 16.6. The Kier molecular flexibility index (Phi) is 18.1. The molecular weight excluding hydrogens is 496 g/mol. The minimum Gasteiger partial charge on any atom is -0.487 e. The van der Waals surface area contributed by atoms with Crippen LogP contribution in [0, 0.1) is 0 Å². The third kappa shape index (κ3) is 14.3. The van der Waals surface area contributed by atoms with Gasteiger partial charge in [0.25, 0.3) is 0 Å². The maximum atomic E-state index is 12.8. The highest BCUT2D eigenvalue weighted by molar-refractivity contribution is 5.91. The van der Waals surface area contributed by atoms with Crippen LogP contribution in [0.25, 0.3) is 0 Å². The van der Waals surface area contributed by atoms with E-state index in [-0.39, 0.29) is 18.2 Å². The molecule has 0 bridgehead atoms. The maximum absolute atomic E-state index is 12.8. The first-order valence-corrected chi connectivity index (χ1v) is 16.2. The zero-order chi connectivity index (χ0) is 28.8. The van der Waals surface area contributed by atoms with Crippen molar-refractivity contribution in [3.63, 3.8) is 0 Å². The Morgan fingerprint density at radius 2 is 1.18 bits per heavy atom. The molecule has 224 valence electrons. The highest BCUT2D eigenvalue weighted by Gasteiger charge is 2.15. The van der Waals surface area contributed by atoms with Gasteiger partial charge in [-0.3, -0.25) is 0 Å². The van der Waals surface area contributed by atoms with Gasteiger partial charge in [-0.1, -0.05) is 128 Å². The minimum absolute atomic E-state index is 0.00113. The fourth-order valence-corrected chi connectivity index (χ4v) is 5.02. The molecule has 0 saturated heterocycles. The molecule has 4 nitrogen and oxygen atoms in total. The number of carbonyl (C=O) groups is 1. The average molecular weight is 553 g/mol. The molecule has 0 aliphatic heterocycles. The van der Waals surface area contributed by atoms with Crippen LogP contribution in [0.4, 0.5) is 0 Å². The molecule has 0 aliphatic rings. The molecule has 2 aromatic rings. The summed E-state index contributed by atoms with van der Waals surface area (Å²) in [4.78, 5) is 12.8. The third-order valence-corrected chi connectivity index (χ3v) is 7.56. The summed E-state index contributed by atoms with van der Waals surface area (Å²) in [7, 11) is 0. The molecular formula is C36H56O4. The van der Waals surface area contributed by atoms with Gasteiger partial charge < -0.3 is 14.2 Å². The van der Waals surface area contributed by atoms with Gasteiger partial charge in [0.05, 0.1) is 17.8 Å². The number of para-hydroxylation sites is 2. The summed E-state index contributed by atoms with van der Waals surface area (Å²) in [5, 5.41) is 0. The molecule has 0 aromatic heterocycles. The van der Waals surface area contributed by atoms with Crippen LogP contribution in [0.5, 0.6) is 11.5 Å². The first kappa shape index (κ1) is 33.9. The largest absolute Gasteiger partial charge is 0.487 e. The summed E-state index contributed by atoms with van der Waals surface area (Å²) < 4.78 is 17.7. The van der Waals surface area contributed by atoms with Crippen LogP contribution in [0.3, 0.4) is 0 Å². The molecule has 0 amide bonds. The van der Waals surface area contributed by atoms with E-state index < -0.39 is 0 Å². The van der Waals surface area contributed by atoms with E-state index in [1.165, 1.54) is 83.5 Å². The van der Waals surface area contributed by atoms with Gasteiger partial charge in [-0.15, -0.1) is 0 Å². The molecule has 0 N–H and O–H groups in total. The Morgan fingerprint density at radius 3 is 1.73 bits per heavy atom. The van der Waals surface area contributed by atoms with Crippen molar-refractivity contribution in [1.29, 1.82) is 0 Å². The van der Waals surface area contributed by atoms with Crippen LogP contribution in [-0.4, -0.2) is 18.7 Å². The normalized spacial score (nSPS) is 12.7. The number of carbonyl (C=O) groups excluding carboxylic acids is 1. The molecule has 0 fully saturated rings. The Labute approximate surface area is 245 Å². The van der Waals surface area contributed by atoms with E-state index in [1.54, 1.807) is 6.07 Å². The molecule has 4 heteroatoms. The van der Waals surface area contributed by atoms with Crippen molar-refractivity contribution in [2.24, 2.45) is 0 Å². The molecule has 0 radical (unpaired) electrons. The van der Waals surface area contributed by atoms with Crippen molar-refractivity contribution in [2.45, 2.75) is 143 Å². The number of esters is 1. The predicted molar refractivity (Wildman–Crippen MR) is 168 cm³/mol. The van der Waals surface area contributed by atoms with Gasteiger partial charge in [0.15, 0.2) is 11.5 Å². The van der Waals surface area contributed by atoms with Crippen molar-refractivity contribution >= 4 is 5.97 Å². The lowest BCUT2D eigenvalue weighted by atomic mass is 10.0.